The summed E-state index contributed by atoms with van der Waals surface area (Å²) in [5.41, 5.74) is 0. The lowest BCUT2D eigenvalue weighted by atomic mass is 9.94. The van der Waals surface area contributed by atoms with Crippen LogP contribution in [0, 0.1) is 0 Å². The summed E-state index contributed by atoms with van der Waals surface area (Å²) in [7, 11) is 2.01. The van der Waals surface area contributed by atoms with Gasteiger partial charge < -0.3 is 4.90 Å². The van der Waals surface area contributed by atoms with Crippen LogP contribution in [0.3, 0.4) is 0 Å². The fourth-order valence-electron chi connectivity index (χ4n) is 4.07. The second-order valence-electron chi connectivity index (χ2n) is 7.43. The van der Waals surface area contributed by atoms with Crippen LogP contribution in [-0.4, -0.2) is 65.9 Å². The Balaban J connectivity index is 1.47. The maximum Gasteiger partial charge on any atom is 0.239 e. The van der Waals surface area contributed by atoms with Crippen molar-refractivity contribution in [1.82, 2.24) is 14.7 Å². The third-order valence-electron chi connectivity index (χ3n) is 5.79. The van der Waals surface area contributed by atoms with Gasteiger partial charge in [0.25, 0.3) is 0 Å². The summed E-state index contributed by atoms with van der Waals surface area (Å²) in [6.45, 7) is 7.00. The van der Waals surface area contributed by atoms with Crippen molar-refractivity contribution >= 4 is 28.8 Å². The zero-order valence-electron chi connectivity index (χ0n) is 15.4. The SMILES string of the molecule is CC(C(=O)N(C)C1CCCCC1)N1CCN(Cc2ccc(Cl)s2)CC1. The summed E-state index contributed by atoms with van der Waals surface area (Å²) in [5.74, 6) is 0.297. The molecule has 140 valence electrons. The first kappa shape index (κ1) is 19.2. The average Bonchev–Trinajstić information content (AvgIpc) is 3.06. The Morgan fingerprint density at radius 3 is 2.52 bits per heavy atom. The zero-order chi connectivity index (χ0) is 17.8. The van der Waals surface area contributed by atoms with E-state index in [1.165, 1.54) is 37.0 Å². The normalized spacial score (nSPS) is 22.0. The smallest absolute Gasteiger partial charge is 0.239 e. The fraction of sp³-hybridized carbons (Fsp3) is 0.737. The maximum atomic E-state index is 12.9. The van der Waals surface area contributed by atoms with Gasteiger partial charge in [-0.3, -0.25) is 14.6 Å². The van der Waals surface area contributed by atoms with Crippen molar-refractivity contribution in [2.45, 2.75) is 57.7 Å². The maximum absolute atomic E-state index is 12.9. The summed E-state index contributed by atoms with van der Waals surface area (Å²) in [6, 6.07) is 4.53. The summed E-state index contributed by atoms with van der Waals surface area (Å²) in [6.07, 6.45) is 6.20. The molecule has 2 fully saturated rings. The number of rotatable bonds is 5. The van der Waals surface area contributed by atoms with Crippen LogP contribution in [0.15, 0.2) is 12.1 Å². The number of carbonyl (C=O) groups excluding carboxylic acids is 1. The molecule has 1 aliphatic carbocycles. The van der Waals surface area contributed by atoms with Crippen LogP contribution in [-0.2, 0) is 11.3 Å². The predicted molar refractivity (Wildman–Crippen MR) is 105 cm³/mol. The second kappa shape index (κ2) is 8.85. The number of hydrogen-bond donors (Lipinski definition) is 0. The summed E-state index contributed by atoms with van der Waals surface area (Å²) >= 11 is 7.68. The van der Waals surface area contributed by atoms with Gasteiger partial charge in [-0.15, -0.1) is 11.3 Å². The Hall–Kier alpha value is -0.620. The molecule has 1 aromatic heterocycles. The average molecular weight is 384 g/mol. The van der Waals surface area contributed by atoms with Crippen molar-refractivity contribution in [2.24, 2.45) is 0 Å². The van der Waals surface area contributed by atoms with Crippen LogP contribution in [0.5, 0.6) is 0 Å². The highest BCUT2D eigenvalue weighted by Gasteiger charge is 2.30. The highest BCUT2D eigenvalue weighted by atomic mass is 35.5. The van der Waals surface area contributed by atoms with Crippen LogP contribution >= 0.6 is 22.9 Å². The first-order chi connectivity index (χ1) is 12.0. The molecule has 2 heterocycles. The first-order valence-electron chi connectivity index (χ1n) is 9.52. The van der Waals surface area contributed by atoms with E-state index < -0.39 is 0 Å². The number of amides is 1. The molecule has 1 atom stereocenters. The van der Waals surface area contributed by atoms with Gasteiger partial charge in [0, 0.05) is 50.7 Å². The number of piperazine rings is 1. The molecule has 4 nitrogen and oxygen atoms in total. The molecular weight excluding hydrogens is 354 g/mol. The Morgan fingerprint density at radius 2 is 1.92 bits per heavy atom. The number of nitrogens with zero attached hydrogens (tertiary/aromatic N) is 3. The molecule has 2 aliphatic rings. The predicted octanol–water partition coefficient (Wildman–Crippen LogP) is 3.70. The highest BCUT2D eigenvalue weighted by molar-refractivity contribution is 7.16. The fourth-order valence-corrected chi connectivity index (χ4v) is 5.20. The molecule has 0 aromatic carbocycles. The van der Waals surface area contributed by atoms with Crippen molar-refractivity contribution < 1.29 is 4.79 Å². The number of carbonyl (C=O) groups is 1. The quantitative estimate of drug-likeness (QED) is 0.775. The van der Waals surface area contributed by atoms with E-state index >= 15 is 0 Å². The number of halogens is 1. The minimum atomic E-state index is -0.00902. The van der Waals surface area contributed by atoms with Crippen molar-refractivity contribution in [3.05, 3.63) is 21.3 Å². The van der Waals surface area contributed by atoms with Crippen LogP contribution in [0.2, 0.25) is 4.34 Å². The van der Waals surface area contributed by atoms with Crippen LogP contribution < -0.4 is 0 Å². The van der Waals surface area contributed by atoms with E-state index in [2.05, 4.69) is 22.8 Å². The summed E-state index contributed by atoms with van der Waals surface area (Å²) in [5, 5.41) is 0. The van der Waals surface area contributed by atoms with Gasteiger partial charge in [-0.25, -0.2) is 0 Å². The topological polar surface area (TPSA) is 26.8 Å². The lowest BCUT2D eigenvalue weighted by Gasteiger charge is -2.40. The highest BCUT2D eigenvalue weighted by Crippen LogP contribution is 2.24. The summed E-state index contributed by atoms with van der Waals surface area (Å²) in [4.78, 5) is 21.0. The molecule has 0 N–H and O–H groups in total. The van der Waals surface area contributed by atoms with Crippen molar-refractivity contribution in [3.8, 4) is 0 Å². The molecule has 1 aromatic rings. The van der Waals surface area contributed by atoms with Crippen molar-refractivity contribution in [3.63, 3.8) is 0 Å². The molecular formula is C19H30ClN3OS. The molecule has 1 amide bonds. The second-order valence-corrected chi connectivity index (χ2v) is 9.23. The van der Waals surface area contributed by atoms with Crippen LogP contribution in [0.4, 0.5) is 0 Å². The Labute approximate surface area is 160 Å². The third kappa shape index (κ3) is 4.97. The van der Waals surface area contributed by atoms with E-state index in [0.717, 1.165) is 37.1 Å². The molecule has 1 saturated carbocycles. The summed E-state index contributed by atoms with van der Waals surface area (Å²) < 4.78 is 0.860. The van der Waals surface area contributed by atoms with Gasteiger partial charge in [-0.05, 0) is 31.9 Å². The van der Waals surface area contributed by atoms with Crippen LogP contribution in [0.1, 0.15) is 43.9 Å². The standard InChI is InChI=1S/C19H30ClN3OS/c1-15(19(24)21(2)16-6-4-3-5-7-16)23-12-10-22(11-13-23)14-17-8-9-18(20)25-17/h8-9,15-16H,3-7,10-14H2,1-2H3. The van der Waals surface area contributed by atoms with Gasteiger partial charge >= 0.3 is 0 Å². The van der Waals surface area contributed by atoms with Gasteiger partial charge in [0.1, 0.15) is 0 Å². The third-order valence-corrected chi connectivity index (χ3v) is 7.01. The van der Waals surface area contributed by atoms with E-state index in [-0.39, 0.29) is 6.04 Å². The Bertz CT molecular complexity index is 565. The Kier molecular flexibility index (Phi) is 6.78. The van der Waals surface area contributed by atoms with E-state index in [9.17, 15) is 4.79 Å². The lowest BCUT2D eigenvalue weighted by molar-refractivity contribution is -0.138. The van der Waals surface area contributed by atoms with Gasteiger partial charge in [0.2, 0.25) is 5.91 Å². The molecule has 0 spiro atoms. The Morgan fingerprint density at radius 1 is 1.24 bits per heavy atom. The minimum Gasteiger partial charge on any atom is -0.341 e. The molecule has 1 aliphatic heterocycles. The van der Waals surface area contributed by atoms with Crippen LogP contribution in [0.25, 0.3) is 0 Å². The molecule has 25 heavy (non-hydrogen) atoms. The van der Waals surface area contributed by atoms with E-state index in [1.54, 1.807) is 11.3 Å². The molecule has 0 radical (unpaired) electrons. The minimum absolute atomic E-state index is 0.00902. The number of likely N-dealkylation sites (N-methyl/N-ethyl adjacent to an activating group) is 1. The van der Waals surface area contributed by atoms with E-state index in [4.69, 9.17) is 11.6 Å². The molecule has 6 heteroatoms. The largest absolute Gasteiger partial charge is 0.341 e. The monoisotopic (exact) mass is 383 g/mol. The molecule has 1 saturated heterocycles. The van der Waals surface area contributed by atoms with E-state index in [0.29, 0.717) is 11.9 Å². The van der Waals surface area contributed by atoms with E-state index in [1.807, 2.05) is 18.0 Å². The molecule has 1 unspecified atom stereocenters. The van der Waals surface area contributed by atoms with Crippen molar-refractivity contribution in [2.75, 3.05) is 33.2 Å². The molecule has 0 bridgehead atoms. The lowest BCUT2D eigenvalue weighted by Crippen LogP contribution is -2.55. The van der Waals surface area contributed by atoms with Gasteiger partial charge in [0.15, 0.2) is 0 Å². The van der Waals surface area contributed by atoms with Crippen molar-refractivity contribution in [1.29, 1.82) is 0 Å². The first-order valence-corrected chi connectivity index (χ1v) is 10.7. The number of thiophene rings is 1. The van der Waals surface area contributed by atoms with Gasteiger partial charge in [0.05, 0.1) is 10.4 Å². The zero-order valence-corrected chi connectivity index (χ0v) is 17.0. The van der Waals surface area contributed by atoms with Gasteiger partial charge in [-0.2, -0.15) is 0 Å². The molecule has 3 rings (SSSR count). The van der Waals surface area contributed by atoms with Gasteiger partial charge in [-0.1, -0.05) is 30.9 Å². The number of hydrogen-bond acceptors (Lipinski definition) is 4.